The summed E-state index contributed by atoms with van der Waals surface area (Å²) in [6.45, 7) is 0. The molecule has 0 saturated heterocycles. The maximum absolute atomic E-state index is 12.7. The molecule has 1 rings (SSSR count). The monoisotopic (exact) mass is 212 g/mol. The molecule has 0 aliphatic rings. The quantitative estimate of drug-likeness (QED) is 0.813. The molecule has 1 aromatic heterocycles. The van der Waals surface area contributed by atoms with E-state index in [0.29, 0.717) is 0 Å². The van der Waals surface area contributed by atoms with Gasteiger partial charge in [0.25, 0.3) is 6.43 Å². The number of halogens is 4. The summed E-state index contributed by atoms with van der Waals surface area (Å²) in [6.07, 6.45) is -1.57. The predicted molar refractivity (Wildman–Crippen MR) is 44.4 cm³/mol. The minimum Gasteiger partial charge on any atom is -0.318 e. The van der Waals surface area contributed by atoms with Crippen LogP contribution in [0.25, 0.3) is 0 Å². The van der Waals surface area contributed by atoms with Gasteiger partial charge in [-0.3, -0.25) is 4.98 Å². The minimum absolute atomic E-state index is 0. The van der Waals surface area contributed by atoms with Crippen LogP contribution < -0.4 is 5.73 Å². The second-order valence-corrected chi connectivity index (χ2v) is 2.23. The number of rotatable bonds is 2. The van der Waals surface area contributed by atoms with E-state index in [1.54, 1.807) is 0 Å². The topological polar surface area (TPSA) is 38.9 Å². The third-order valence-electron chi connectivity index (χ3n) is 1.37. The molecule has 0 aliphatic carbocycles. The van der Waals surface area contributed by atoms with Gasteiger partial charge in [-0.25, -0.2) is 13.2 Å². The van der Waals surface area contributed by atoms with Gasteiger partial charge in [0.1, 0.15) is 11.9 Å². The fourth-order valence-electron chi connectivity index (χ4n) is 0.763. The summed E-state index contributed by atoms with van der Waals surface area (Å²) >= 11 is 0. The molecule has 0 amide bonds. The second-order valence-electron chi connectivity index (χ2n) is 2.23. The first-order valence-electron chi connectivity index (χ1n) is 3.27. The zero-order chi connectivity index (χ0) is 9.14. The molecule has 1 heterocycles. The van der Waals surface area contributed by atoms with Crippen LogP contribution >= 0.6 is 12.4 Å². The lowest BCUT2D eigenvalue weighted by Crippen LogP contribution is -2.21. The van der Waals surface area contributed by atoms with Gasteiger partial charge in [0.2, 0.25) is 0 Å². The molecule has 0 spiro atoms. The van der Waals surface area contributed by atoms with Gasteiger partial charge in [-0.1, -0.05) is 0 Å². The molecule has 0 bridgehead atoms. The maximum atomic E-state index is 12.7. The van der Waals surface area contributed by atoms with Gasteiger partial charge in [-0.05, 0) is 12.1 Å². The summed E-state index contributed by atoms with van der Waals surface area (Å²) in [5.41, 5.74) is 4.59. The molecule has 0 aromatic carbocycles. The Morgan fingerprint density at radius 2 is 2.00 bits per heavy atom. The van der Waals surface area contributed by atoms with Crippen LogP contribution in [0.2, 0.25) is 0 Å². The van der Waals surface area contributed by atoms with Crippen LogP contribution in [-0.4, -0.2) is 11.4 Å². The second kappa shape index (κ2) is 5.04. The Balaban J connectivity index is 0.00000144. The summed E-state index contributed by atoms with van der Waals surface area (Å²) < 4.78 is 36.6. The van der Waals surface area contributed by atoms with Gasteiger partial charge in [0, 0.05) is 6.20 Å². The Bertz CT molecular complexity index is 270. The average molecular weight is 213 g/mol. The van der Waals surface area contributed by atoms with Gasteiger partial charge in [0.05, 0.1) is 5.69 Å². The van der Waals surface area contributed by atoms with Gasteiger partial charge in [-0.15, -0.1) is 12.4 Å². The van der Waals surface area contributed by atoms with Crippen molar-refractivity contribution >= 4 is 12.4 Å². The van der Waals surface area contributed by atoms with Gasteiger partial charge >= 0.3 is 0 Å². The van der Waals surface area contributed by atoms with Crippen LogP contribution in [0.1, 0.15) is 11.7 Å². The molecule has 2 N–H and O–H groups in total. The highest BCUT2D eigenvalue weighted by atomic mass is 35.5. The van der Waals surface area contributed by atoms with Crippen molar-refractivity contribution in [2.45, 2.75) is 12.5 Å². The van der Waals surface area contributed by atoms with Crippen LogP contribution in [0.3, 0.4) is 0 Å². The van der Waals surface area contributed by atoms with E-state index in [2.05, 4.69) is 4.98 Å². The Morgan fingerprint density at radius 3 is 2.46 bits per heavy atom. The van der Waals surface area contributed by atoms with Crippen molar-refractivity contribution in [1.29, 1.82) is 0 Å². The highest BCUT2D eigenvalue weighted by Gasteiger charge is 2.21. The fourth-order valence-corrected chi connectivity index (χ4v) is 0.763. The van der Waals surface area contributed by atoms with Crippen molar-refractivity contribution < 1.29 is 13.2 Å². The third-order valence-corrected chi connectivity index (χ3v) is 1.37. The number of nitrogens with two attached hydrogens (primary N) is 1. The van der Waals surface area contributed by atoms with Crippen molar-refractivity contribution in [3.8, 4) is 0 Å². The lowest BCUT2D eigenvalue weighted by atomic mass is 10.2. The molecule has 0 fully saturated rings. The smallest absolute Gasteiger partial charge is 0.259 e. The number of alkyl halides is 2. The standard InChI is InChI=1S/C7H7F3N2.ClH/c8-4-2-1-3-12-6(4)5(11)7(9)10;/h1-3,5,7H,11H2;1H. The summed E-state index contributed by atoms with van der Waals surface area (Å²) in [4.78, 5) is 3.42. The molecule has 13 heavy (non-hydrogen) atoms. The minimum atomic E-state index is -2.80. The molecular formula is C7H8ClF3N2. The van der Waals surface area contributed by atoms with Crippen LogP contribution in [0.4, 0.5) is 13.2 Å². The Morgan fingerprint density at radius 1 is 1.38 bits per heavy atom. The maximum Gasteiger partial charge on any atom is 0.259 e. The summed E-state index contributed by atoms with van der Waals surface area (Å²) in [6, 6.07) is 0.716. The van der Waals surface area contributed by atoms with Crippen LogP contribution in [-0.2, 0) is 0 Å². The van der Waals surface area contributed by atoms with Crippen LogP contribution in [0.5, 0.6) is 0 Å². The SMILES string of the molecule is Cl.NC(c1ncccc1F)C(F)F. The van der Waals surface area contributed by atoms with E-state index in [9.17, 15) is 13.2 Å². The molecule has 1 atom stereocenters. The molecule has 1 unspecified atom stereocenters. The van der Waals surface area contributed by atoms with Gasteiger partial charge in [-0.2, -0.15) is 0 Å². The number of aromatic nitrogens is 1. The number of hydrogen-bond donors (Lipinski definition) is 1. The Hall–Kier alpha value is -0.810. The summed E-state index contributed by atoms with van der Waals surface area (Å²) in [7, 11) is 0. The lowest BCUT2D eigenvalue weighted by Gasteiger charge is -2.09. The van der Waals surface area contributed by atoms with Crippen molar-refractivity contribution in [1.82, 2.24) is 4.98 Å². The van der Waals surface area contributed by atoms with E-state index in [-0.39, 0.29) is 12.4 Å². The van der Waals surface area contributed by atoms with Crippen molar-refractivity contribution in [3.05, 3.63) is 29.8 Å². The normalized spacial score (nSPS) is 12.4. The van der Waals surface area contributed by atoms with Crippen LogP contribution in [0, 0.1) is 5.82 Å². The predicted octanol–water partition coefficient (Wildman–Crippen LogP) is 1.91. The first-order chi connectivity index (χ1) is 5.63. The van der Waals surface area contributed by atoms with E-state index in [0.717, 1.165) is 6.07 Å². The molecule has 0 aliphatic heterocycles. The highest BCUT2D eigenvalue weighted by Crippen LogP contribution is 2.17. The van der Waals surface area contributed by atoms with E-state index >= 15 is 0 Å². The van der Waals surface area contributed by atoms with Gasteiger partial charge < -0.3 is 5.73 Å². The molecule has 0 saturated carbocycles. The lowest BCUT2D eigenvalue weighted by molar-refractivity contribution is 0.113. The zero-order valence-electron chi connectivity index (χ0n) is 6.45. The molecule has 74 valence electrons. The average Bonchev–Trinajstić information content (AvgIpc) is 2.04. The largest absolute Gasteiger partial charge is 0.318 e. The van der Waals surface area contributed by atoms with Crippen molar-refractivity contribution in [3.63, 3.8) is 0 Å². The first-order valence-corrected chi connectivity index (χ1v) is 3.27. The van der Waals surface area contributed by atoms with Crippen molar-refractivity contribution in [2.24, 2.45) is 5.73 Å². The summed E-state index contributed by atoms with van der Waals surface area (Å²) in [5, 5.41) is 0. The van der Waals surface area contributed by atoms with E-state index in [1.807, 2.05) is 0 Å². The molecule has 2 nitrogen and oxygen atoms in total. The zero-order valence-corrected chi connectivity index (χ0v) is 7.27. The van der Waals surface area contributed by atoms with E-state index in [4.69, 9.17) is 5.73 Å². The van der Waals surface area contributed by atoms with Crippen molar-refractivity contribution in [2.75, 3.05) is 0 Å². The highest BCUT2D eigenvalue weighted by molar-refractivity contribution is 5.85. The van der Waals surface area contributed by atoms with E-state index < -0.39 is 24.0 Å². The molecule has 0 radical (unpaired) electrons. The summed E-state index contributed by atoms with van der Waals surface area (Å²) in [5.74, 6) is -0.801. The number of nitrogens with zero attached hydrogens (tertiary/aromatic N) is 1. The Kier molecular flexibility index (Phi) is 4.72. The molecule has 6 heteroatoms. The van der Waals surface area contributed by atoms with Crippen LogP contribution in [0.15, 0.2) is 18.3 Å². The van der Waals surface area contributed by atoms with E-state index in [1.165, 1.54) is 12.3 Å². The van der Waals surface area contributed by atoms with Gasteiger partial charge in [0.15, 0.2) is 0 Å². The third kappa shape index (κ3) is 2.86. The number of pyridine rings is 1. The fraction of sp³-hybridized carbons (Fsp3) is 0.286. The Labute approximate surface area is 79.4 Å². The number of hydrogen-bond acceptors (Lipinski definition) is 2. The first kappa shape index (κ1) is 12.2. The molecular weight excluding hydrogens is 205 g/mol. The molecule has 1 aromatic rings.